The molecule has 0 heterocycles. The highest BCUT2D eigenvalue weighted by Crippen LogP contribution is 2.31. The van der Waals surface area contributed by atoms with Crippen LogP contribution in [0.2, 0.25) is 0 Å². The molecule has 11 heteroatoms. The van der Waals surface area contributed by atoms with Crippen molar-refractivity contribution in [1.29, 1.82) is 0 Å². The predicted octanol–water partition coefficient (Wildman–Crippen LogP) is 3.62. The fourth-order valence-corrected chi connectivity index (χ4v) is 5.24. The lowest BCUT2D eigenvalue weighted by Crippen LogP contribution is -2.15. The first kappa shape index (κ1) is 24.2. The number of hydrogen-bond donors (Lipinski definition) is 2. The number of ether oxygens (including phenoxy) is 3. The maximum Gasteiger partial charge on any atom is 0.262 e. The van der Waals surface area contributed by atoms with Gasteiger partial charge in [0.25, 0.3) is 20.0 Å². The third-order valence-electron chi connectivity index (χ3n) is 4.74. The summed E-state index contributed by atoms with van der Waals surface area (Å²) in [5, 5.41) is 0. The van der Waals surface area contributed by atoms with Gasteiger partial charge in [-0.25, -0.2) is 16.8 Å². The quantitative estimate of drug-likeness (QED) is 0.468. The summed E-state index contributed by atoms with van der Waals surface area (Å²) in [4.78, 5) is -0.0000949. The minimum absolute atomic E-state index is 0.0595. The minimum Gasteiger partial charge on any atom is -0.497 e. The van der Waals surface area contributed by atoms with Gasteiger partial charge >= 0.3 is 0 Å². The van der Waals surface area contributed by atoms with Crippen molar-refractivity contribution >= 4 is 31.4 Å². The van der Waals surface area contributed by atoms with Crippen LogP contribution in [-0.4, -0.2) is 38.2 Å². The largest absolute Gasteiger partial charge is 0.497 e. The Balaban J connectivity index is 1.81. The molecule has 9 nitrogen and oxygen atoms in total. The van der Waals surface area contributed by atoms with Crippen molar-refractivity contribution in [1.82, 2.24) is 0 Å². The number of nitrogens with one attached hydrogen (secondary N) is 2. The van der Waals surface area contributed by atoms with Crippen LogP contribution in [0.5, 0.6) is 17.2 Å². The number of anilines is 2. The predicted molar refractivity (Wildman–Crippen MR) is 125 cm³/mol. The first-order valence-corrected chi connectivity index (χ1v) is 12.6. The van der Waals surface area contributed by atoms with Gasteiger partial charge in [-0.1, -0.05) is 0 Å². The Bertz CT molecular complexity index is 1350. The molecule has 2 N–H and O–H groups in total. The molecule has 0 saturated carbocycles. The molecular formula is C22H24N2O7S2. The molecule has 0 spiro atoms. The fourth-order valence-electron chi connectivity index (χ4n) is 3.03. The molecule has 33 heavy (non-hydrogen) atoms. The van der Waals surface area contributed by atoms with E-state index in [9.17, 15) is 16.8 Å². The van der Waals surface area contributed by atoms with Crippen molar-refractivity contribution < 1.29 is 31.0 Å². The van der Waals surface area contributed by atoms with E-state index in [1.54, 1.807) is 25.1 Å². The number of methoxy groups -OCH3 is 3. The van der Waals surface area contributed by atoms with Gasteiger partial charge in [0.05, 0.1) is 36.8 Å². The summed E-state index contributed by atoms with van der Waals surface area (Å²) in [6.45, 7) is 1.74. The van der Waals surface area contributed by atoms with E-state index in [1.165, 1.54) is 63.8 Å². The summed E-state index contributed by atoms with van der Waals surface area (Å²) in [7, 11) is -3.46. The van der Waals surface area contributed by atoms with E-state index in [2.05, 4.69) is 9.44 Å². The Labute approximate surface area is 193 Å². The van der Waals surface area contributed by atoms with Crippen LogP contribution in [0.3, 0.4) is 0 Å². The maximum absolute atomic E-state index is 12.8. The zero-order valence-electron chi connectivity index (χ0n) is 18.4. The SMILES string of the molecule is COc1ccc(OC)c(NS(=O)(=O)c2ccc(NS(=O)(=O)c3ccc(OC)c(C)c3)cc2)c1. The highest BCUT2D eigenvalue weighted by Gasteiger charge is 2.19. The van der Waals surface area contributed by atoms with Crippen LogP contribution in [-0.2, 0) is 20.0 Å². The van der Waals surface area contributed by atoms with Crippen LogP contribution in [0, 0.1) is 6.92 Å². The average molecular weight is 493 g/mol. The zero-order chi connectivity index (χ0) is 24.2. The Morgan fingerprint density at radius 2 is 1.21 bits per heavy atom. The van der Waals surface area contributed by atoms with Crippen LogP contribution in [0.4, 0.5) is 11.4 Å². The maximum atomic E-state index is 12.8. The van der Waals surface area contributed by atoms with Crippen molar-refractivity contribution in [2.45, 2.75) is 16.7 Å². The molecule has 0 aliphatic rings. The van der Waals surface area contributed by atoms with Crippen LogP contribution < -0.4 is 23.7 Å². The second-order valence-corrected chi connectivity index (χ2v) is 10.3. The van der Waals surface area contributed by atoms with Gasteiger partial charge in [0, 0.05) is 11.8 Å². The van der Waals surface area contributed by atoms with Crippen LogP contribution in [0.1, 0.15) is 5.56 Å². The minimum atomic E-state index is -3.97. The molecule has 0 radical (unpaired) electrons. The summed E-state index contributed by atoms with van der Waals surface area (Å²) in [6.07, 6.45) is 0. The Morgan fingerprint density at radius 1 is 0.636 bits per heavy atom. The van der Waals surface area contributed by atoms with Crippen molar-refractivity contribution in [3.63, 3.8) is 0 Å². The molecule has 0 saturated heterocycles. The highest BCUT2D eigenvalue weighted by atomic mass is 32.2. The molecule has 3 rings (SSSR count). The normalized spacial score (nSPS) is 11.5. The molecule has 0 amide bonds. The average Bonchev–Trinajstić information content (AvgIpc) is 2.78. The molecule has 0 aliphatic heterocycles. The second kappa shape index (κ2) is 9.59. The first-order valence-electron chi connectivity index (χ1n) is 9.62. The van der Waals surface area contributed by atoms with Crippen LogP contribution >= 0.6 is 0 Å². The molecule has 0 atom stereocenters. The molecule has 0 fully saturated rings. The van der Waals surface area contributed by atoms with Gasteiger partial charge in [0.2, 0.25) is 0 Å². The van der Waals surface area contributed by atoms with E-state index >= 15 is 0 Å². The van der Waals surface area contributed by atoms with Crippen molar-refractivity contribution in [2.24, 2.45) is 0 Å². The van der Waals surface area contributed by atoms with Gasteiger partial charge < -0.3 is 14.2 Å². The molecule has 3 aromatic carbocycles. The van der Waals surface area contributed by atoms with Gasteiger partial charge in [-0.3, -0.25) is 9.44 Å². The van der Waals surface area contributed by atoms with Crippen LogP contribution in [0.25, 0.3) is 0 Å². The lowest BCUT2D eigenvalue weighted by Gasteiger charge is -2.14. The number of aryl methyl sites for hydroxylation is 1. The third kappa shape index (κ3) is 5.49. The molecular weight excluding hydrogens is 468 g/mol. The van der Waals surface area contributed by atoms with E-state index in [-0.39, 0.29) is 21.2 Å². The van der Waals surface area contributed by atoms with Gasteiger partial charge in [-0.05, 0) is 67.1 Å². The summed E-state index contributed by atoms with van der Waals surface area (Å²) in [5.41, 5.74) is 1.08. The lowest BCUT2D eigenvalue weighted by atomic mass is 10.2. The van der Waals surface area contributed by atoms with E-state index < -0.39 is 20.0 Å². The second-order valence-electron chi connectivity index (χ2n) is 6.93. The van der Waals surface area contributed by atoms with Crippen molar-refractivity contribution in [2.75, 3.05) is 30.8 Å². The molecule has 0 bridgehead atoms. The third-order valence-corrected chi connectivity index (χ3v) is 7.50. The Kier molecular flexibility index (Phi) is 7.04. The number of rotatable bonds is 9. The van der Waals surface area contributed by atoms with E-state index in [0.29, 0.717) is 22.8 Å². The van der Waals surface area contributed by atoms with E-state index in [4.69, 9.17) is 14.2 Å². The summed E-state index contributed by atoms with van der Waals surface area (Å²) < 4.78 is 71.4. The van der Waals surface area contributed by atoms with Crippen molar-refractivity contribution in [3.8, 4) is 17.2 Å². The zero-order valence-corrected chi connectivity index (χ0v) is 20.1. The van der Waals surface area contributed by atoms with Gasteiger partial charge in [0.15, 0.2) is 0 Å². The topological polar surface area (TPSA) is 120 Å². The van der Waals surface area contributed by atoms with Gasteiger partial charge in [0.1, 0.15) is 17.2 Å². The molecule has 3 aromatic rings. The Morgan fingerprint density at radius 3 is 1.79 bits per heavy atom. The van der Waals surface area contributed by atoms with E-state index in [0.717, 1.165) is 0 Å². The lowest BCUT2D eigenvalue weighted by molar-refractivity contribution is 0.405. The Hall–Kier alpha value is -3.44. The first-order chi connectivity index (χ1) is 15.6. The summed E-state index contributed by atoms with van der Waals surface area (Å²) in [6, 6.07) is 14.5. The molecule has 0 aliphatic carbocycles. The fraction of sp³-hybridized carbons (Fsp3) is 0.182. The molecule has 0 aromatic heterocycles. The summed E-state index contributed by atoms with van der Waals surface area (Å²) in [5.74, 6) is 1.34. The molecule has 0 unspecified atom stereocenters. The smallest absolute Gasteiger partial charge is 0.262 e. The summed E-state index contributed by atoms with van der Waals surface area (Å²) >= 11 is 0. The van der Waals surface area contributed by atoms with Crippen LogP contribution in [0.15, 0.2) is 70.5 Å². The van der Waals surface area contributed by atoms with Gasteiger partial charge in [-0.15, -0.1) is 0 Å². The van der Waals surface area contributed by atoms with Crippen molar-refractivity contribution in [3.05, 3.63) is 66.2 Å². The van der Waals surface area contributed by atoms with Gasteiger partial charge in [-0.2, -0.15) is 0 Å². The van der Waals surface area contributed by atoms with E-state index in [1.807, 2.05) is 0 Å². The molecule has 176 valence electrons. The number of hydrogen-bond acceptors (Lipinski definition) is 7. The standard InChI is InChI=1S/C22H24N2O7S2/c1-15-13-19(10-12-21(15)30-3)33(27,28)23-16-5-8-18(9-6-16)32(25,26)24-20-14-17(29-2)7-11-22(20)31-4/h5-14,23-24H,1-4H3. The number of benzene rings is 3. The number of sulfonamides is 2. The monoisotopic (exact) mass is 492 g/mol. The highest BCUT2D eigenvalue weighted by molar-refractivity contribution is 7.93.